The lowest BCUT2D eigenvalue weighted by Gasteiger charge is -2.28. The first-order valence-corrected chi connectivity index (χ1v) is 15.1. The predicted molar refractivity (Wildman–Crippen MR) is 184 cm³/mol. The number of nitro benzene ring substituents is 1. The number of hydrogen-bond donors (Lipinski definition) is 1. The summed E-state index contributed by atoms with van der Waals surface area (Å²) in [5.74, 6) is -0.0536. The zero-order valence-corrected chi connectivity index (χ0v) is 27.5. The molecular weight excluding hydrogens is 620 g/mol. The molecule has 3 rings (SSSR count). The van der Waals surface area contributed by atoms with Crippen molar-refractivity contribution in [3.05, 3.63) is 95.6 Å². The van der Waals surface area contributed by atoms with Crippen LogP contribution in [0.4, 0.5) is 34.1 Å². The molecule has 0 unspecified atom stereocenters. The zero-order chi connectivity index (χ0) is 35.1. The summed E-state index contributed by atoms with van der Waals surface area (Å²) in [7, 11) is 1.84. The summed E-state index contributed by atoms with van der Waals surface area (Å²) in [6.07, 6.45) is 2.20. The SMILES string of the molecule is C=CC(=O)OCCN(CCOC(=O)C=C)c1ccc(NN(C)c2cc(OCC)c(N=Nc3ccc([N+](=O)[O-])cc3)cc2OCC)c(C)c1. The second kappa shape index (κ2) is 18.3. The van der Waals surface area contributed by atoms with Gasteiger partial charge in [-0.2, -0.15) is 5.11 Å². The van der Waals surface area contributed by atoms with Crippen LogP contribution in [0.15, 0.2) is 90.1 Å². The van der Waals surface area contributed by atoms with Gasteiger partial charge in [0, 0.05) is 49.2 Å². The molecule has 0 saturated heterocycles. The lowest BCUT2D eigenvalue weighted by atomic mass is 10.1. The van der Waals surface area contributed by atoms with Gasteiger partial charge in [0.1, 0.15) is 36.1 Å². The maximum atomic E-state index is 11.6. The first-order chi connectivity index (χ1) is 23.1. The molecule has 0 amide bonds. The van der Waals surface area contributed by atoms with Crippen molar-refractivity contribution < 1.29 is 33.5 Å². The highest BCUT2D eigenvalue weighted by Crippen LogP contribution is 2.41. The second-order valence-electron chi connectivity index (χ2n) is 10.0. The Labute approximate surface area is 279 Å². The molecule has 0 atom stereocenters. The molecule has 0 aliphatic heterocycles. The third kappa shape index (κ3) is 10.6. The van der Waals surface area contributed by atoms with Gasteiger partial charge in [-0.25, -0.2) is 9.59 Å². The fourth-order valence-electron chi connectivity index (χ4n) is 4.39. The number of non-ortho nitro benzene ring substituents is 1. The van der Waals surface area contributed by atoms with E-state index in [1.54, 1.807) is 17.1 Å². The number of hydrazine groups is 1. The van der Waals surface area contributed by atoms with E-state index in [-0.39, 0.29) is 18.9 Å². The monoisotopic (exact) mass is 660 g/mol. The van der Waals surface area contributed by atoms with Crippen molar-refractivity contribution in [2.45, 2.75) is 20.8 Å². The van der Waals surface area contributed by atoms with Crippen molar-refractivity contribution in [1.82, 2.24) is 0 Å². The lowest BCUT2D eigenvalue weighted by molar-refractivity contribution is -0.384. The molecule has 0 radical (unpaired) electrons. The molecule has 0 aromatic heterocycles. The number of aryl methyl sites for hydroxylation is 1. The number of azo groups is 1. The Morgan fingerprint density at radius 3 is 2.04 bits per heavy atom. The van der Waals surface area contributed by atoms with Gasteiger partial charge < -0.3 is 23.8 Å². The lowest BCUT2D eigenvalue weighted by Crippen LogP contribution is -2.32. The van der Waals surface area contributed by atoms with Crippen LogP contribution in [-0.4, -0.2) is 63.4 Å². The summed E-state index contributed by atoms with van der Waals surface area (Å²) in [6, 6.07) is 15.1. The largest absolute Gasteiger partial charge is 0.492 e. The fourth-order valence-corrected chi connectivity index (χ4v) is 4.39. The summed E-state index contributed by atoms with van der Waals surface area (Å²) >= 11 is 0. The number of benzene rings is 3. The van der Waals surface area contributed by atoms with E-state index in [9.17, 15) is 19.7 Å². The third-order valence-electron chi connectivity index (χ3n) is 6.74. The number of nitro groups is 1. The van der Waals surface area contributed by atoms with E-state index in [2.05, 4.69) is 28.8 Å². The van der Waals surface area contributed by atoms with E-state index in [4.69, 9.17) is 18.9 Å². The summed E-state index contributed by atoms with van der Waals surface area (Å²) in [4.78, 5) is 35.5. The number of hydrogen-bond acceptors (Lipinski definition) is 13. The van der Waals surface area contributed by atoms with E-state index in [0.717, 1.165) is 29.1 Å². The van der Waals surface area contributed by atoms with Gasteiger partial charge in [-0.1, -0.05) is 13.2 Å². The van der Waals surface area contributed by atoms with Gasteiger partial charge >= 0.3 is 11.9 Å². The van der Waals surface area contributed by atoms with E-state index in [1.807, 2.05) is 50.9 Å². The van der Waals surface area contributed by atoms with Crippen LogP contribution in [-0.2, 0) is 19.1 Å². The minimum atomic E-state index is -0.522. The molecule has 0 bridgehead atoms. The molecule has 0 spiro atoms. The molecule has 14 nitrogen and oxygen atoms in total. The topological polar surface area (TPSA) is 157 Å². The molecule has 3 aromatic rings. The average molecular weight is 661 g/mol. The molecule has 0 aliphatic carbocycles. The molecule has 48 heavy (non-hydrogen) atoms. The molecule has 14 heteroatoms. The van der Waals surface area contributed by atoms with E-state index >= 15 is 0 Å². The normalized spacial score (nSPS) is 10.6. The molecule has 0 saturated carbocycles. The molecular formula is C34H40N6O8. The Hall–Kier alpha value is -5.92. The van der Waals surface area contributed by atoms with Crippen molar-refractivity contribution in [2.75, 3.05) is 61.9 Å². The molecule has 0 aliphatic rings. The Bertz CT molecular complexity index is 1600. The van der Waals surface area contributed by atoms with Crippen LogP contribution in [0.25, 0.3) is 0 Å². The van der Waals surface area contributed by atoms with Crippen LogP contribution in [0.2, 0.25) is 0 Å². The van der Waals surface area contributed by atoms with E-state index < -0.39 is 16.9 Å². The van der Waals surface area contributed by atoms with Crippen LogP contribution < -0.4 is 24.8 Å². The summed E-state index contributed by atoms with van der Waals surface area (Å²) < 4.78 is 22.2. The number of carbonyl (C=O) groups is 2. The van der Waals surface area contributed by atoms with Gasteiger partial charge in [-0.05, 0) is 56.7 Å². The number of anilines is 3. The highest BCUT2D eigenvalue weighted by molar-refractivity contribution is 5.81. The molecule has 0 heterocycles. The first kappa shape index (κ1) is 36.5. The Morgan fingerprint density at radius 1 is 0.896 bits per heavy atom. The molecule has 3 aromatic carbocycles. The summed E-state index contributed by atoms with van der Waals surface area (Å²) in [5, 5.41) is 21.4. The predicted octanol–water partition coefficient (Wildman–Crippen LogP) is 6.84. The Morgan fingerprint density at radius 2 is 1.50 bits per heavy atom. The minimum absolute atomic E-state index is 0.0391. The zero-order valence-electron chi connectivity index (χ0n) is 27.5. The minimum Gasteiger partial charge on any atom is -0.492 e. The van der Waals surface area contributed by atoms with Crippen LogP contribution in [0, 0.1) is 17.0 Å². The van der Waals surface area contributed by atoms with E-state index in [1.165, 1.54) is 24.3 Å². The summed E-state index contributed by atoms with van der Waals surface area (Å²) in [5.41, 5.74) is 7.44. The van der Waals surface area contributed by atoms with Crippen LogP contribution >= 0.6 is 0 Å². The van der Waals surface area contributed by atoms with Crippen LogP contribution in [0.1, 0.15) is 19.4 Å². The van der Waals surface area contributed by atoms with Gasteiger partial charge in [0.05, 0.1) is 42.6 Å². The maximum Gasteiger partial charge on any atom is 0.330 e. The Kier molecular flexibility index (Phi) is 13.9. The Balaban J connectivity index is 1.85. The number of ether oxygens (including phenoxy) is 4. The van der Waals surface area contributed by atoms with Gasteiger partial charge in [-0.3, -0.25) is 20.5 Å². The van der Waals surface area contributed by atoms with Gasteiger partial charge in [0.15, 0.2) is 0 Å². The standard InChI is InChI=1S/C34H40N6O8/c1-7-33(41)47-19-17-39(18-20-48-34(42)8-2)27-15-16-28(24(5)21-27)37-38(6)30-23-31(45-9-3)29(22-32(30)46-10-4)36-35-25-11-13-26(14-12-25)40(43)44/h7-8,11-16,21-23,37H,1-2,9-10,17-20H2,3-6H3. The van der Waals surface area contributed by atoms with Crippen molar-refractivity contribution in [3.63, 3.8) is 0 Å². The number of rotatable bonds is 19. The van der Waals surface area contributed by atoms with Gasteiger partial charge in [0.25, 0.3) is 5.69 Å². The highest BCUT2D eigenvalue weighted by Gasteiger charge is 2.17. The van der Waals surface area contributed by atoms with E-state index in [0.29, 0.717) is 54.9 Å². The number of nitrogens with zero attached hydrogens (tertiary/aromatic N) is 5. The highest BCUT2D eigenvalue weighted by atomic mass is 16.6. The van der Waals surface area contributed by atoms with Crippen molar-refractivity contribution >= 4 is 46.1 Å². The maximum absolute atomic E-state index is 11.6. The number of nitrogens with one attached hydrogen (secondary N) is 1. The smallest absolute Gasteiger partial charge is 0.330 e. The number of carbonyl (C=O) groups excluding carboxylic acids is 2. The van der Waals surface area contributed by atoms with Crippen LogP contribution in [0.5, 0.6) is 11.5 Å². The van der Waals surface area contributed by atoms with Crippen molar-refractivity contribution in [2.24, 2.45) is 10.2 Å². The molecule has 1 N–H and O–H groups in total. The third-order valence-corrected chi connectivity index (χ3v) is 6.74. The second-order valence-corrected chi connectivity index (χ2v) is 10.0. The van der Waals surface area contributed by atoms with Crippen LogP contribution in [0.3, 0.4) is 0 Å². The first-order valence-electron chi connectivity index (χ1n) is 15.1. The average Bonchev–Trinajstić information content (AvgIpc) is 3.08. The van der Waals surface area contributed by atoms with Gasteiger partial charge in [0.2, 0.25) is 0 Å². The van der Waals surface area contributed by atoms with Gasteiger partial charge in [-0.15, -0.1) is 5.11 Å². The molecule has 0 fully saturated rings. The number of esters is 2. The quantitative estimate of drug-likeness (QED) is 0.0472. The van der Waals surface area contributed by atoms with Crippen molar-refractivity contribution in [3.8, 4) is 11.5 Å². The fraction of sp³-hybridized carbons (Fsp3) is 0.294. The molecule has 254 valence electrons. The summed E-state index contributed by atoms with van der Waals surface area (Å²) in [6.45, 7) is 14.2. The van der Waals surface area contributed by atoms with Crippen molar-refractivity contribution in [1.29, 1.82) is 0 Å².